The average Bonchev–Trinajstić information content (AvgIpc) is 3.32. The summed E-state index contributed by atoms with van der Waals surface area (Å²) in [7, 11) is 0. The van der Waals surface area contributed by atoms with Crippen molar-refractivity contribution >= 4 is 17.5 Å². The topological polar surface area (TPSA) is 93.0 Å². The molecule has 2 aromatic rings. The second-order valence-corrected chi connectivity index (χ2v) is 6.52. The second-order valence-electron chi connectivity index (χ2n) is 6.52. The van der Waals surface area contributed by atoms with Gasteiger partial charge in [-0.25, -0.2) is 4.39 Å². The van der Waals surface area contributed by atoms with Crippen LogP contribution >= 0.6 is 0 Å². The van der Waals surface area contributed by atoms with E-state index in [-0.39, 0.29) is 29.3 Å². The molecule has 2 heterocycles. The summed E-state index contributed by atoms with van der Waals surface area (Å²) in [5.74, 6) is -0.277. The van der Waals surface area contributed by atoms with E-state index in [1.807, 2.05) is 0 Å². The van der Waals surface area contributed by atoms with Gasteiger partial charge in [-0.3, -0.25) is 9.59 Å². The summed E-state index contributed by atoms with van der Waals surface area (Å²) in [6, 6.07) is 4.28. The van der Waals surface area contributed by atoms with Crippen LogP contribution < -0.4 is 5.32 Å². The number of likely N-dealkylation sites (tertiary alicyclic amines) is 1. The number of hydrogen-bond acceptors (Lipinski definition) is 5. The number of carbonyl (C=O) groups is 2. The first kappa shape index (κ1) is 16.4. The molecule has 2 aliphatic rings. The third-order valence-corrected chi connectivity index (χ3v) is 4.62. The maximum absolute atomic E-state index is 14.3. The van der Waals surface area contributed by atoms with Crippen molar-refractivity contribution < 1.29 is 14.0 Å². The van der Waals surface area contributed by atoms with E-state index < -0.39 is 5.82 Å². The van der Waals surface area contributed by atoms with Gasteiger partial charge in [0, 0.05) is 24.7 Å². The molecule has 0 unspecified atom stereocenters. The number of nitrogens with one attached hydrogen (secondary N) is 1. The molecular formula is C17H17FN6O2. The van der Waals surface area contributed by atoms with Crippen LogP contribution in [0.5, 0.6) is 0 Å². The van der Waals surface area contributed by atoms with Gasteiger partial charge in [0.05, 0.1) is 5.92 Å². The predicted molar refractivity (Wildman–Crippen MR) is 90.0 cm³/mol. The Kier molecular flexibility index (Phi) is 3.98. The molecule has 26 heavy (non-hydrogen) atoms. The average molecular weight is 356 g/mol. The number of aromatic nitrogens is 4. The monoisotopic (exact) mass is 356 g/mol. The fraction of sp³-hybridized carbons (Fsp3) is 0.353. The van der Waals surface area contributed by atoms with E-state index in [0.29, 0.717) is 24.6 Å². The summed E-state index contributed by atoms with van der Waals surface area (Å²) in [6.45, 7) is 4.12. The van der Waals surface area contributed by atoms with Gasteiger partial charge in [0.25, 0.3) is 0 Å². The summed E-state index contributed by atoms with van der Waals surface area (Å²) >= 11 is 0. The molecule has 1 aromatic carbocycles. The Bertz CT molecular complexity index is 885. The molecule has 2 fully saturated rings. The maximum atomic E-state index is 14.3. The van der Waals surface area contributed by atoms with Crippen molar-refractivity contribution in [3.05, 3.63) is 42.5 Å². The van der Waals surface area contributed by atoms with E-state index in [1.165, 1.54) is 33.9 Å². The van der Waals surface area contributed by atoms with Crippen molar-refractivity contribution in [3.8, 4) is 5.69 Å². The van der Waals surface area contributed by atoms with Gasteiger partial charge < -0.3 is 10.2 Å². The minimum atomic E-state index is -0.469. The Morgan fingerprint density at radius 1 is 1.31 bits per heavy atom. The Labute approximate surface area is 148 Å². The second kappa shape index (κ2) is 6.32. The van der Waals surface area contributed by atoms with E-state index >= 15 is 0 Å². The van der Waals surface area contributed by atoms with Gasteiger partial charge in [-0.15, -0.1) is 5.10 Å². The molecular weight excluding hydrogens is 339 g/mol. The molecule has 8 nitrogen and oxygen atoms in total. The van der Waals surface area contributed by atoms with Crippen LogP contribution in [0.1, 0.15) is 24.6 Å². The van der Waals surface area contributed by atoms with Crippen LogP contribution in [0.2, 0.25) is 0 Å². The number of benzene rings is 1. The summed E-state index contributed by atoms with van der Waals surface area (Å²) in [4.78, 5) is 25.3. The van der Waals surface area contributed by atoms with E-state index in [1.54, 1.807) is 0 Å². The van der Waals surface area contributed by atoms with Crippen molar-refractivity contribution in [2.24, 2.45) is 5.92 Å². The molecule has 1 aliphatic carbocycles. The standard InChI is InChI=1S/C17H17FN6O2/c1-2-15(25)23-8-11(9-23)17(26)19-12-5-6-13(18)14(7-12)24-16(10-3-4-10)20-21-22-24/h2,5-7,10-11H,1,3-4,8-9H2,(H,19,26). The zero-order valence-corrected chi connectivity index (χ0v) is 13.9. The highest BCUT2D eigenvalue weighted by atomic mass is 19.1. The highest BCUT2D eigenvalue weighted by Crippen LogP contribution is 2.39. The minimum Gasteiger partial charge on any atom is -0.337 e. The summed E-state index contributed by atoms with van der Waals surface area (Å²) < 4.78 is 15.7. The van der Waals surface area contributed by atoms with Crippen molar-refractivity contribution in [2.75, 3.05) is 18.4 Å². The van der Waals surface area contributed by atoms with Gasteiger partial charge in [0.15, 0.2) is 5.82 Å². The molecule has 4 rings (SSSR count). The zero-order chi connectivity index (χ0) is 18.3. The van der Waals surface area contributed by atoms with Gasteiger partial charge in [0.1, 0.15) is 11.5 Å². The van der Waals surface area contributed by atoms with Crippen molar-refractivity contribution in [1.82, 2.24) is 25.1 Å². The van der Waals surface area contributed by atoms with Crippen LogP contribution in [0, 0.1) is 11.7 Å². The number of nitrogens with zero attached hydrogens (tertiary/aromatic N) is 5. The lowest BCUT2D eigenvalue weighted by atomic mass is 9.99. The molecule has 1 N–H and O–H groups in total. The normalized spacial score (nSPS) is 16.9. The Hall–Kier alpha value is -3.10. The summed E-state index contributed by atoms with van der Waals surface area (Å²) in [6.07, 6.45) is 3.20. The third-order valence-electron chi connectivity index (χ3n) is 4.62. The SMILES string of the molecule is C=CC(=O)N1CC(C(=O)Nc2ccc(F)c(-n3nnnc3C3CC3)c2)C1. The van der Waals surface area contributed by atoms with Crippen molar-refractivity contribution in [1.29, 1.82) is 0 Å². The number of anilines is 1. The predicted octanol–water partition coefficient (Wildman–Crippen LogP) is 1.26. The Balaban J connectivity index is 1.48. The molecule has 0 radical (unpaired) electrons. The van der Waals surface area contributed by atoms with Crippen LogP contribution in [0.3, 0.4) is 0 Å². The number of carbonyl (C=O) groups excluding carboxylic acids is 2. The van der Waals surface area contributed by atoms with Gasteiger partial charge in [-0.2, -0.15) is 4.68 Å². The van der Waals surface area contributed by atoms with Gasteiger partial charge >= 0.3 is 0 Å². The zero-order valence-electron chi connectivity index (χ0n) is 13.9. The van der Waals surface area contributed by atoms with Crippen LogP contribution in [0.4, 0.5) is 10.1 Å². The molecule has 9 heteroatoms. The van der Waals surface area contributed by atoms with E-state index in [9.17, 15) is 14.0 Å². The molecule has 1 aromatic heterocycles. The van der Waals surface area contributed by atoms with Gasteiger partial charge in [0.2, 0.25) is 11.8 Å². The number of rotatable bonds is 5. The van der Waals surface area contributed by atoms with Crippen LogP contribution in [0.15, 0.2) is 30.9 Å². The first-order valence-corrected chi connectivity index (χ1v) is 8.37. The van der Waals surface area contributed by atoms with E-state index in [2.05, 4.69) is 27.4 Å². The first-order valence-electron chi connectivity index (χ1n) is 8.37. The van der Waals surface area contributed by atoms with E-state index in [4.69, 9.17) is 0 Å². The lowest BCUT2D eigenvalue weighted by Gasteiger charge is -2.37. The van der Waals surface area contributed by atoms with Crippen molar-refractivity contribution in [2.45, 2.75) is 18.8 Å². The van der Waals surface area contributed by atoms with Gasteiger partial charge in [-0.1, -0.05) is 6.58 Å². The lowest BCUT2D eigenvalue weighted by molar-refractivity contribution is -0.137. The molecule has 0 bridgehead atoms. The molecule has 134 valence electrons. The van der Waals surface area contributed by atoms with Crippen LogP contribution in [0.25, 0.3) is 5.69 Å². The number of halogens is 1. The van der Waals surface area contributed by atoms with E-state index in [0.717, 1.165) is 12.8 Å². The quantitative estimate of drug-likeness (QED) is 0.814. The molecule has 1 saturated heterocycles. The number of tetrazole rings is 1. The van der Waals surface area contributed by atoms with Crippen LogP contribution in [-0.2, 0) is 9.59 Å². The Morgan fingerprint density at radius 3 is 2.77 bits per heavy atom. The molecule has 0 atom stereocenters. The van der Waals surface area contributed by atoms with Gasteiger partial charge in [-0.05, 0) is 47.5 Å². The minimum absolute atomic E-state index is 0.190. The largest absolute Gasteiger partial charge is 0.337 e. The van der Waals surface area contributed by atoms with Crippen molar-refractivity contribution in [3.63, 3.8) is 0 Å². The van der Waals surface area contributed by atoms with Crippen LogP contribution in [-0.4, -0.2) is 50.0 Å². The summed E-state index contributed by atoms with van der Waals surface area (Å²) in [5, 5.41) is 14.3. The highest BCUT2D eigenvalue weighted by molar-refractivity contribution is 5.96. The maximum Gasteiger partial charge on any atom is 0.246 e. The fourth-order valence-electron chi connectivity index (χ4n) is 2.91. The Morgan fingerprint density at radius 2 is 2.08 bits per heavy atom. The number of hydrogen-bond donors (Lipinski definition) is 1. The third kappa shape index (κ3) is 2.96. The fourth-order valence-corrected chi connectivity index (χ4v) is 2.91. The first-order chi connectivity index (χ1) is 12.6. The smallest absolute Gasteiger partial charge is 0.246 e. The number of amides is 2. The molecule has 0 spiro atoms. The molecule has 1 aliphatic heterocycles. The lowest BCUT2D eigenvalue weighted by Crippen LogP contribution is -2.53. The molecule has 2 amide bonds. The molecule has 1 saturated carbocycles. The highest BCUT2D eigenvalue weighted by Gasteiger charge is 2.35. The summed E-state index contributed by atoms with van der Waals surface area (Å²) in [5.41, 5.74) is 0.656.